The van der Waals surface area contributed by atoms with Gasteiger partial charge in [0.1, 0.15) is 23.9 Å². The normalized spacial score (nSPS) is 14.9. The van der Waals surface area contributed by atoms with E-state index in [1.54, 1.807) is 36.8 Å². The number of aromatic nitrogens is 3. The van der Waals surface area contributed by atoms with Crippen molar-refractivity contribution >= 4 is 33.8 Å². The Bertz CT molecular complexity index is 1690. The third-order valence-electron chi connectivity index (χ3n) is 7.94. The molecule has 3 aromatic heterocycles. The first-order valence-electron chi connectivity index (χ1n) is 13.6. The predicted molar refractivity (Wildman–Crippen MR) is 151 cm³/mol. The van der Waals surface area contributed by atoms with E-state index in [1.807, 2.05) is 36.0 Å². The molecular formula is C31H32N4O5. The lowest BCUT2D eigenvalue weighted by Crippen LogP contribution is -2.43. The van der Waals surface area contributed by atoms with Gasteiger partial charge in [-0.15, -0.1) is 0 Å². The topological polar surface area (TPSA) is 112 Å². The van der Waals surface area contributed by atoms with E-state index in [4.69, 9.17) is 14.1 Å². The van der Waals surface area contributed by atoms with Gasteiger partial charge in [0.2, 0.25) is 0 Å². The van der Waals surface area contributed by atoms with Crippen molar-refractivity contribution in [2.45, 2.75) is 50.6 Å². The first-order chi connectivity index (χ1) is 19.4. The van der Waals surface area contributed by atoms with Crippen LogP contribution in [0, 0.1) is 0 Å². The average Bonchev–Trinajstić information content (AvgIpc) is 3.70. The summed E-state index contributed by atoms with van der Waals surface area (Å²) in [6, 6.07) is 11.9. The summed E-state index contributed by atoms with van der Waals surface area (Å²) >= 11 is 0. The Labute approximate surface area is 231 Å². The zero-order valence-electron chi connectivity index (χ0n) is 22.6. The smallest absolute Gasteiger partial charge is 0.328 e. The maximum atomic E-state index is 13.4. The highest BCUT2D eigenvalue weighted by molar-refractivity contribution is 6.00. The summed E-state index contributed by atoms with van der Waals surface area (Å²) in [5.41, 5.74) is 4.72. The van der Waals surface area contributed by atoms with Gasteiger partial charge < -0.3 is 28.7 Å². The van der Waals surface area contributed by atoms with Gasteiger partial charge in [-0.25, -0.2) is 9.78 Å². The van der Waals surface area contributed by atoms with E-state index in [1.165, 1.54) is 26.4 Å². The number of esters is 1. The fourth-order valence-corrected chi connectivity index (χ4v) is 5.97. The number of hydrogen-bond acceptors (Lipinski definition) is 6. The quantitative estimate of drug-likeness (QED) is 0.263. The van der Waals surface area contributed by atoms with E-state index < -0.39 is 17.9 Å². The highest BCUT2D eigenvalue weighted by Crippen LogP contribution is 2.36. The van der Waals surface area contributed by atoms with Gasteiger partial charge in [0.05, 0.1) is 30.0 Å². The minimum absolute atomic E-state index is 0.134. The van der Waals surface area contributed by atoms with Crippen molar-refractivity contribution in [3.05, 3.63) is 72.3 Å². The van der Waals surface area contributed by atoms with Crippen molar-refractivity contribution < 1.29 is 23.8 Å². The molecule has 5 aromatic rings. The number of carbonyl (C=O) groups is 2. The molecule has 40 heavy (non-hydrogen) atoms. The summed E-state index contributed by atoms with van der Waals surface area (Å²) in [4.78, 5) is 31.1. The number of phenols is 1. The van der Waals surface area contributed by atoms with Gasteiger partial charge in [-0.2, -0.15) is 0 Å². The fourth-order valence-electron chi connectivity index (χ4n) is 5.97. The van der Waals surface area contributed by atoms with Crippen molar-refractivity contribution in [2.75, 3.05) is 7.11 Å². The number of fused-ring (bicyclic) bond motifs is 2. The van der Waals surface area contributed by atoms with Crippen molar-refractivity contribution in [3.63, 3.8) is 0 Å². The lowest BCUT2D eigenvalue weighted by Gasteiger charge is -2.25. The second-order valence-electron chi connectivity index (χ2n) is 10.5. The summed E-state index contributed by atoms with van der Waals surface area (Å²) < 4.78 is 14.6. The van der Waals surface area contributed by atoms with Crippen LogP contribution in [0.1, 0.15) is 54.1 Å². The first-order valence-corrected chi connectivity index (χ1v) is 13.6. The standard InChI is InChI=1S/C31H32N4O5/c1-34-17-21(24-16-23(36)9-11-27(24)34)15-26(31(38)39-2)33-30(37)19-8-10-28-25(14-19)32-29(20-12-13-40-18-20)35(28)22-6-4-3-5-7-22/h8-14,16-18,22,26,36H,3-7,15H2,1-2H3,(H,33,37). The maximum Gasteiger partial charge on any atom is 0.328 e. The Kier molecular flexibility index (Phi) is 6.79. The number of ether oxygens (including phenoxy) is 1. The van der Waals surface area contributed by atoms with Crippen LogP contribution in [0.5, 0.6) is 5.75 Å². The van der Waals surface area contributed by atoms with Gasteiger partial charge in [0, 0.05) is 42.2 Å². The molecule has 6 rings (SSSR count). The van der Waals surface area contributed by atoms with Crippen LogP contribution in [0.15, 0.2) is 65.6 Å². The van der Waals surface area contributed by atoms with E-state index in [0.717, 1.165) is 46.2 Å². The number of rotatable bonds is 7. The number of benzene rings is 2. The molecular weight excluding hydrogens is 508 g/mol. The largest absolute Gasteiger partial charge is 0.508 e. The van der Waals surface area contributed by atoms with Gasteiger partial charge in [-0.05, 0) is 60.9 Å². The molecule has 1 amide bonds. The first kappa shape index (κ1) is 25.7. The molecule has 1 saturated carbocycles. The Balaban J connectivity index is 1.31. The van der Waals surface area contributed by atoms with E-state index in [-0.39, 0.29) is 12.2 Å². The Morgan fingerprint density at radius 3 is 2.67 bits per heavy atom. The molecule has 1 unspecified atom stereocenters. The molecule has 3 heterocycles. The number of methoxy groups -OCH3 is 1. The lowest BCUT2D eigenvalue weighted by atomic mass is 9.95. The summed E-state index contributed by atoms with van der Waals surface area (Å²) in [6.45, 7) is 0. The molecule has 1 atom stereocenters. The van der Waals surface area contributed by atoms with Gasteiger partial charge in [0.15, 0.2) is 0 Å². The molecule has 2 N–H and O–H groups in total. The number of furan rings is 1. The van der Waals surface area contributed by atoms with Crippen molar-refractivity contribution in [2.24, 2.45) is 7.05 Å². The second-order valence-corrected chi connectivity index (χ2v) is 10.5. The molecule has 9 nitrogen and oxygen atoms in total. The molecule has 0 radical (unpaired) electrons. The van der Waals surface area contributed by atoms with Gasteiger partial charge >= 0.3 is 5.97 Å². The minimum atomic E-state index is -0.914. The zero-order chi connectivity index (χ0) is 27.8. The maximum absolute atomic E-state index is 13.4. The minimum Gasteiger partial charge on any atom is -0.508 e. The summed E-state index contributed by atoms with van der Waals surface area (Å²) in [5, 5.41) is 13.7. The molecule has 0 saturated heterocycles. The van der Waals surface area contributed by atoms with Crippen molar-refractivity contribution in [1.29, 1.82) is 0 Å². The van der Waals surface area contributed by atoms with Crippen LogP contribution in [-0.2, 0) is 23.0 Å². The molecule has 0 aliphatic heterocycles. The monoisotopic (exact) mass is 540 g/mol. The third-order valence-corrected chi connectivity index (χ3v) is 7.94. The SMILES string of the molecule is COC(=O)C(Cc1cn(C)c2ccc(O)cc12)NC(=O)c1ccc2c(c1)nc(-c1ccoc1)n2C1CCCCC1. The molecule has 2 aromatic carbocycles. The van der Waals surface area contributed by atoms with Crippen LogP contribution >= 0.6 is 0 Å². The molecule has 1 aliphatic carbocycles. The van der Waals surface area contributed by atoms with E-state index >= 15 is 0 Å². The number of imidazole rings is 1. The van der Waals surface area contributed by atoms with Crippen LogP contribution < -0.4 is 5.32 Å². The molecule has 206 valence electrons. The molecule has 0 bridgehead atoms. The number of amides is 1. The number of carbonyl (C=O) groups excluding carboxylic acids is 2. The molecule has 9 heteroatoms. The fraction of sp³-hybridized carbons (Fsp3) is 0.323. The van der Waals surface area contributed by atoms with Crippen molar-refractivity contribution in [1.82, 2.24) is 19.4 Å². The van der Waals surface area contributed by atoms with E-state index in [0.29, 0.717) is 17.1 Å². The van der Waals surface area contributed by atoms with E-state index in [2.05, 4.69) is 9.88 Å². The van der Waals surface area contributed by atoms with Crippen LogP contribution in [-0.4, -0.2) is 44.3 Å². The number of aromatic hydroxyl groups is 1. The van der Waals surface area contributed by atoms with Gasteiger partial charge in [-0.3, -0.25) is 4.79 Å². The average molecular weight is 541 g/mol. The summed E-state index contributed by atoms with van der Waals surface area (Å²) in [5.74, 6) is 0.0297. The second kappa shape index (κ2) is 10.6. The highest BCUT2D eigenvalue weighted by atomic mass is 16.5. The van der Waals surface area contributed by atoms with E-state index in [9.17, 15) is 14.7 Å². The predicted octanol–water partition coefficient (Wildman–Crippen LogP) is 5.51. The summed E-state index contributed by atoms with van der Waals surface area (Å²) in [7, 11) is 3.20. The van der Waals surface area contributed by atoms with Crippen LogP contribution in [0.25, 0.3) is 33.3 Å². The third kappa shape index (κ3) is 4.72. The number of nitrogens with one attached hydrogen (secondary N) is 1. The lowest BCUT2D eigenvalue weighted by molar-refractivity contribution is -0.142. The number of nitrogens with zero attached hydrogens (tertiary/aromatic N) is 3. The van der Waals surface area contributed by atoms with Gasteiger partial charge in [0.25, 0.3) is 5.91 Å². The van der Waals surface area contributed by atoms with Crippen LogP contribution in [0.2, 0.25) is 0 Å². The number of hydrogen-bond donors (Lipinski definition) is 2. The number of aryl methyl sites for hydroxylation is 1. The van der Waals surface area contributed by atoms with Crippen LogP contribution in [0.3, 0.4) is 0 Å². The van der Waals surface area contributed by atoms with Crippen LogP contribution in [0.4, 0.5) is 0 Å². The summed E-state index contributed by atoms with van der Waals surface area (Å²) in [6.07, 6.45) is 11.2. The highest BCUT2D eigenvalue weighted by Gasteiger charge is 2.26. The zero-order valence-corrected chi connectivity index (χ0v) is 22.6. The molecule has 0 spiro atoms. The van der Waals surface area contributed by atoms with Crippen molar-refractivity contribution in [3.8, 4) is 17.1 Å². The molecule has 1 aliphatic rings. The Morgan fingerprint density at radius 2 is 1.93 bits per heavy atom. The Hall–Kier alpha value is -4.53. The Morgan fingerprint density at radius 1 is 1.12 bits per heavy atom. The number of phenolic OH excluding ortho intramolecular Hbond substituents is 1. The molecule has 1 fully saturated rings. The van der Waals surface area contributed by atoms with Gasteiger partial charge in [-0.1, -0.05) is 19.3 Å².